The number of anilines is 1. The van der Waals surface area contributed by atoms with Gasteiger partial charge < -0.3 is 14.5 Å². The topological polar surface area (TPSA) is 84.7 Å². The molecule has 3 aromatic rings. The number of esters is 1. The summed E-state index contributed by atoms with van der Waals surface area (Å²) >= 11 is 1.48. The smallest absolute Gasteiger partial charge is 0.308 e. The van der Waals surface area contributed by atoms with Crippen molar-refractivity contribution in [3.8, 4) is 0 Å². The van der Waals surface area contributed by atoms with Crippen molar-refractivity contribution in [1.29, 1.82) is 0 Å². The highest BCUT2D eigenvalue weighted by Crippen LogP contribution is 2.25. The standard InChI is InChI=1S/C23H28N4O4S/c1-15-16(2)32-22-21(15)23(30)27(14-24-22)11-10-20(29)31-13-19(28)26(5)12-17-6-8-18(9-7-17)25(3)4/h6-9,14H,10-13H2,1-5H3. The number of thiophene rings is 1. The van der Waals surface area contributed by atoms with Gasteiger partial charge in [0.25, 0.3) is 11.5 Å². The van der Waals surface area contributed by atoms with Crippen LogP contribution < -0.4 is 10.5 Å². The van der Waals surface area contributed by atoms with E-state index >= 15 is 0 Å². The molecule has 170 valence electrons. The number of nitrogens with zero attached hydrogens (tertiary/aromatic N) is 4. The van der Waals surface area contributed by atoms with Crippen LogP contribution in [0.5, 0.6) is 0 Å². The van der Waals surface area contributed by atoms with E-state index in [-0.39, 0.29) is 31.0 Å². The van der Waals surface area contributed by atoms with Gasteiger partial charge in [0.1, 0.15) is 4.83 Å². The lowest BCUT2D eigenvalue weighted by Crippen LogP contribution is -2.31. The lowest BCUT2D eigenvalue weighted by molar-refractivity contribution is -0.151. The van der Waals surface area contributed by atoms with Gasteiger partial charge in [0.05, 0.1) is 18.1 Å². The first-order valence-corrected chi connectivity index (χ1v) is 11.1. The average Bonchev–Trinajstić information content (AvgIpc) is 3.06. The van der Waals surface area contributed by atoms with Crippen molar-refractivity contribution in [1.82, 2.24) is 14.5 Å². The molecule has 0 saturated carbocycles. The van der Waals surface area contributed by atoms with Gasteiger partial charge in [-0.25, -0.2) is 4.98 Å². The maximum atomic E-state index is 12.7. The Morgan fingerprint density at radius 3 is 2.47 bits per heavy atom. The highest BCUT2D eigenvalue weighted by atomic mass is 32.1. The average molecular weight is 457 g/mol. The van der Waals surface area contributed by atoms with Crippen molar-refractivity contribution in [3.63, 3.8) is 0 Å². The molecule has 0 aliphatic rings. The van der Waals surface area contributed by atoms with E-state index < -0.39 is 5.97 Å². The first kappa shape index (κ1) is 23.5. The summed E-state index contributed by atoms with van der Waals surface area (Å²) in [7, 11) is 5.60. The van der Waals surface area contributed by atoms with Crippen molar-refractivity contribution in [3.05, 3.63) is 57.0 Å². The number of amides is 1. The second-order valence-corrected chi connectivity index (χ2v) is 9.13. The third-order valence-electron chi connectivity index (χ3n) is 5.37. The number of hydrogen-bond donors (Lipinski definition) is 0. The molecular formula is C23H28N4O4S. The molecule has 0 unspecified atom stereocenters. The van der Waals surface area contributed by atoms with Crippen LogP contribution in [0.2, 0.25) is 0 Å². The van der Waals surface area contributed by atoms with Crippen LogP contribution in [-0.2, 0) is 27.4 Å². The Labute approximate surface area is 191 Å². The summed E-state index contributed by atoms with van der Waals surface area (Å²) in [5.41, 5.74) is 2.82. The molecule has 8 nitrogen and oxygen atoms in total. The van der Waals surface area contributed by atoms with Crippen LogP contribution in [0.25, 0.3) is 10.2 Å². The van der Waals surface area contributed by atoms with E-state index in [1.54, 1.807) is 7.05 Å². The Balaban J connectivity index is 1.49. The molecule has 1 amide bonds. The second kappa shape index (κ2) is 9.95. The van der Waals surface area contributed by atoms with E-state index in [9.17, 15) is 14.4 Å². The molecule has 0 N–H and O–H groups in total. The summed E-state index contributed by atoms with van der Waals surface area (Å²) in [6.07, 6.45) is 1.44. The van der Waals surface area contributed by atoms with Crippen LogP contribution in [0.4, 0.5) is 5.69 Å². The summed E-state index contributed by atoms with van der Waals surface area (Å²) in [6, 6.07) is 7.90. The molecular weight excluding hydrogens is 428 g/mol. The van der Waals surface area contributed by atoms with Gasteiger partial charge in [-0.2, -0.15) is 0 Å². The van der Waals surface area contributed by atoms with Crippen LogP contribution in [0.3, 0.4) is 0 Å². The minimum absolute atomic E-state index is 0.0156. The summed E-state index contributed by atoms with van der Waals surface area (Å²) < 4.78 is 6.53. The molecule has 2 heterocycles. The zero-order valence-electron chi connectivity index (χ0n) is 19.0. The predicted molar refractivity (Wildman–Crippen MR) is 126 cm³/mol. The number of ether oxygens (including phenoxy) is 1. The number of carbonyl (C=O) groups is 2. The van der Waals surface area contributed by atoms with E-state index in [0.29, 0.717) is 16.8 Å². The van der Waals surface area contributed by atoms with Crippen molar-refractivity contribution < 1.29 is 14.3 Å². The molecule has 0 atom stereocenters. The van der Waals surface area contributed by atoms with Gasteiger partial charge in [0, 0.05) is 44.8 Å². The van der Waals surface area contributed by atoms with Gasteiger partial charge in [-0.05, 0) is 37.1 Å². The third kappa shape index (κ3) is 5.34. The normalized spacial score (nSPS) is 10.9. The van der Waals surface area contributed by atoms with Gasteiger partial charge in [-0.15, -0.1) is 11.3 Å². The summed E-state index contributed by atoms with van der Waals surface area (Å²) in [4.78, 5) is 46.7. The molecule has 0 fully saturated rings. The number of fused-ring (bicyclic) bond motifs is 1. The van der Waals surface area contributed by atoms with E-state index in [2.05, 4.69) is 4.98 Å². The number of carbonyl (C=O) groups excluding carboxylic acids is 2. The second-order valence-electron chi connectivity index (χ2n) is 7.93. The maximum absolute atomic E-state index is 12.7. The number of aryl methyl sites for hydroxylation is 3. The monoisotopic (exact) mass is 456 g/mol. The molecule has 0 saturated heterocycles. The molecule has 32 heavy (non-hydrogen) atoms. The Hall–Kier alpha value is -3.20. The first-order valence-electron chi connectivity index (χ1n) is 10.3. The Bertz CT molecular complexity index is 1180. The van der Waals surface area contributed by atoms with Crippen molar-refractivity contribution in [2.75, 3.05) is 32.6 Å². The van der Waals surface area contributed by atoms with Gasteiger partial charge >= 0.3 is 5.97 Å². The fraction of sp³-hybridized carbons (Fsp3) is 0.391. The zero-order chi connectivity index (χ0) is 23.4. The molecule has 0 spiro atoms. The lowest BCUT2D eigenvalue weighted by atomic mass is 10.2. The van der Waals surface area contributed by atoms with Crippen LogP contribution in [0.15, 0.2) is 35.4 Å². The molecule has 0 radical (unpaired) electrons. The van der Waals surface area contributed by atoms with Gasteiger partial charge in [0.2, 0.25) is 0 Å². The highest BCUT2D eigenvalue weighted by Gasteiger charge is 2.15. The van der Waals surface area contributed by atoms with Crippen molar-refractivity contribution >= 4 is 39.1 Å². The number of hydrogen-bond acceptors (Lipinski definition) is 7. The fourth-order valence-electron chi connectivity index (χ4n) is 3.23. The predicted octanol–water partition coefficient (Wildman–Crippen LogP) is 2.73. The minimum atomic E-state index is -0.535. The third-order valence-corrected chi connectivity index (χ3v) is 6.48. The summed E-state index contributed by atoms with van der Waals surface area (Å²) in [6.45, 7) is 4.09. The minimum Gasteiger partial charge on any atom is -0.456 e. The molecule has 0 aliphatic carbocycles. The van der Waals surface area contributed by atoms with Gasteiger partial charge in [0.15, 0.2) is 6.61 Å². The van der Waals surface area contributed by atoms with E-state index in [1.165, 1.54) is 27.1 Å². The largest absolute Gasteiger partial charge is 0.456 e. The van der Waals surface area contributed by atoms with Crippen LogP contribution in [-0.4, -0.2) is 54.1 Å². The highest BCUT2D eigenvalue weighted by molar-refractivity contribution is 7.18. The molecule has 2 aromatic heterocycles. The van der Waals surface area contributed by atoms with Gasteiger partial charge in [-0.1, -0.05) is 12.1 Å². The van der Waals surface area contributed by atoms with Crippen LogP contribution in [0.1, 0.15) is 22.4 Å². The van der Waals surface area contributed by atoms with Crippen LogP contribution in [0, 0.1) is 13.8 Å². The number of likely N-dealkylation sites (N-methyl/N-ethyl adjacent to an activating group) is 1. The summed E-state index contributed by atoms with van der Waals surface area (Å²) in [5, 5.41) is 0.596. The lowest BCUT2D eigenvalue weighted by Gasteiger charge is -2.18. The Morgan fingerprint density at radius 1 is 1.12 bits per heavy atom. The molecule has 0 aliphatic heterocycles. The maximum Gasteiger partial charge on any atom is 0.308 e. The molecule has 0 bridgehead atoms. The Kier molecular flexibility index (Phi) is 7.29. The van der Waals surface area contributed by atoms with E-state index in [0.717, 1.165) is 21.7 Å². The summed E-state index contributed by atoms with van der Waals surface area (Å²) in [5.74, 6) is -0.827. The number of aromatic nitrogens is 2. The quantitative estimate of drug-likeness (QED) is 0.485. The Morgan fingerprint density at radius 2 is 1.81 bits per heavy atom. The van der Waals surface area contributed by atoms with Crippen molar-refractivity contribution in [2.45, 2.75) is 33.4 Å². The zero-order valence-corrected chi connectivity index (χ0v) is 19.9. The SMILES string of the molecule is Cc1sc2ncn(CCC(=O)OCC(=O)N(C)Cc3ccc(N(C)C)cc3)c(=O)c2c1C. The molecule has 3 rings (SSSR count). The number of rotatable bonds is 8. The molecule has 1 aromatic carbocycles. The number of benzene rings is 1. The van der Waals surface area contributed by atoms with Crippen LogP contribution >= 0.6 is 11.3 Å². The van der Waals surface area contributed by atoms with E-state index in [4.69, 9.17) is 4.74 Å². The van der Waals surface area contributed by atoms with E-state index in [1.807, 2.05) is 57.1 Å². The van der Waals surface area contributed by atoms with Crippen molar-refractivity contribution in [2.24, 2.45) is 0 Å². The fourth-order valence-corrected chi connectivity index (χ4v) is 4.21. The first-order chi connectivity index (χ1) is 15.2. The van der Waals surface area contributed by atoms with Gasteiger partial charge in [-0.3, -0.25) is 19.0 Å². The molecule has 9 heteroatoms.